The number of nitrogens with zero attached hydrogens (tertiary/aromatic N) is 2. The third-order valence-corrected chi connectivity index (χ3v) is 3.63. The van der Waals surface area contributed by atoms with E-state index in [2.05, 4.69) is 47.2 Å². The number of aryl methyl sites for hydroxylation is 1. The monoisotopic (exact) mass is 232 g/mol. The quantitative estimate of drug-likeness (QED) is 0.719. The van der Waals surface area contributed by atoms with Crippen molar-refractivity contribution in [1.82, 2.24) is 9.80 Å². The molecule has 2 nitrogen and oxygen atoms in total. The fraction of sp³-hybridized carbons (Fsp3) is 0.600. The molecule has 0 aliphatic carbocycles. The van der Waals surface area contributed by atoms with Crippen LogP contribution in [0.4, 0.5) is 0 Å². The van der Waals surface area contributed by atoms with Crippen LogP contribution in [0.5, 0.6) is 0 Å². The molecule has 0 unspecified atom stereocenters. The van der Waals surface area contributed by atoms with Gasteiger partial charge in [-0.2, -0.15) is 0 Å². The molecule has 1 fully saturated rings. The van der Waals surface area contributed by atoms with Crippen molar-refractivity contribution in [2.75, 3.05) is 39.8 Å². The van der Waals surface area contributed by atoms with Crippen molar-refractivity contribution in [2.24, 2.45) is 0 Å². The Labute approximate surface area is 105 Å². The molecular weight excluding hydrogens is 208 g/mol. The number of piperazine rings is 1. The summed E-state index contributed by atoms with van der Waals surface area (Å²) in [5.74, 6) is 0. The lowest BCUT2D eigenvalue weighted by Crippen LogP contribution is -2.44. The van der Waals surface area contributed by atoms with Gasteiger partial charge in [0.2, 0.25) is 0 Å². The Morgan fingerprint density at radius 2 is 1.65 bits per heavy atom. The van der Waals surface area contributed by atoms with Gasteiger partial charge < -0.3 is 9.80 Å². The molecule has 1 heterocycles. The lowest BCUT2D eigenvalue weighted by Gasteiger charge is -2.32. The van der Waals surface area contributed by atoms with Gasteiger partial charge in [-0.25, -0.2) is 0 Å². The number of rotatable bonds is 5. The highest BCUT2D eigenvalue weighted by atomic mass is 15.2. The Hall–Kier alpha value is -0.860. The zero-order valence-electron chi connectivity index (χ0n) is 10.9. The Kier molecular flexibility index (Phi) is 5.02. The lowest BCUT2D eigenvalue weighted by molar-refractivity contribution is 0.152. The van der Waals surface area contributed by atoms with Crippen LogP contribution in [0, 0.1) is 0 Å². The van der Waals surface area contributed by atoms with Crippen LogP contribution in [0.15, 0.2) is 30.3 Å². The normalized spacial score (nSPS) is 18.4. The van der Waals surface area contributed by atoms with Crippen molar-refractivity contribution in [3.05, 3.63) is 35.9 Å². The molecular formula is C15H24N2. The topological polar surface area (TPSA) is 6.48 Å². The predicted molar refractivity (Wildman–Crippen MR) is 73.3 cm³/mol. The maximum atomic E-state index is 2.60. The van der Waals surface area contributed by atoms with Crippen LogP contribution in [-0.4, -0.2) is 49.6 Å². The number of benzene rings is 1. The molecule has 0 atom stereocenters. The van der Waals surface area contributed by atoms with Crippen LogP contribution < -0.4 is 0 Å². The summed E-state index contributed by atoms with van der Waals surface area (Å²) in [5, 5.41) is 0. The highest BCUT2D eigenvalue weighted by molar-refractivity contribution is 5.14. The number of hydrogen-bond acceptors (Lipinski definition) is 2. The van der Waals surface area contributed by atoms with Crippen LogP contribution in [-0.2, 0) is 6.42 Å². The standard InChI is InChI=1S/C15H24N2/c1-16-11-13-17(14-12-16)10-6-5-9-15-7-3-2-4-8-15/h2-4,7-8H,5-6,9-14H2,1H3. The van der Waals surface area contributed by atoms with E-state index in [0.29, 0.717) is 0 Å². The van der Waals surface area contributed by atoms with E-state index in [1.165, 1.54) is 57.5 Å². The van der Waals surface area contributed by atoms with Gasteiger partial charge in [-0.3, -0.25) is 0 Å². The van der Waals surface area contributed by atoms with Gasteiger partial charge >= 0.3 is 0 Å². The summed E-state index contributed by atoms with van der Waals surface area (Å²) >= 11 is 0. The van der Waals surface area contributed by atoms with Gasteiger partial charge in [-0.05, 0) is 38.4 Å². The summed E-state index contributed by atoms with van der Waals surface area (Å²) in [7, 11) is 2.22. The average Bonchev–Trinajstić information content (AvgIpc) is 2.38. The fourth-order valence-electron chi connectivity index (χ4n) is 2.38. The zero-order chi connectivity index (χ0) is 11.9. The first-order chi connectivity index (χ1) is 8.34. The molecule has 2 heteroatoms. The van der Waals surface area contributed by atoms with Gasteiger partial charge in [0.1, 0.15) is 0 Å². The van der Waals surface area contributed by atoms with E-state index >= 15 is 0 Å². The van der Waals surface area contributed by atoms with Crippen LogP contribution in [0.2, 0.25) is 0 Å². The summed E-state index contributed by atoms with van der Waals surface area (Å²) in [5.41, 5.74) is 1.48. The van der Waals surface area contributed by atoms with Crippen molar-refractivity contribution in [3.8, 4) is 0 Å². The molecule has 17 heavy (non-hydrogen) atoms. The second kappa shape index (κ2) is 6.77. The summed E-state index contributed by atoms with van der Waals surface area (Å²) in [4.78, 5) is 5.02. The molecule has 1 aromatic rings. The Balaban J connectivity index is 1.57. The summed E-state index contributed by atoms with van der Waals surface area (Å²) in [6.07, 6.45) is 3.88. The van der Waals surface area contributed by atoms with Gasteiger partial charge in [-0.15, -0.1) is 0 Å². The average molecular weight is 232 g/mol. The third kappa shape index (κ3) is 4.49. The Morgan fingerprint density at radius 1 is 0.941 bits per heavy atom. The maximum Gasteiger partial charge on any atom is 0.0110 e. The van der Waals surface area contributed by atoms with Crippen LogP contribution in [0.1, 0.15) is 18.4 Å². The van der Waals surface area contributed by atoms with E-state index in [-0.39, 0.29) is 0 Å². The van der Waals surface area contributed by atoms with Crippen LogP contribution >= 0.6 is 0 Å². The minimum atomic E-state index is 1.23. The van der Waals surface area contributed by atoms with E-state index in [4.69, 9.17) is 0 Å². The van der Waals surface area contributed by atoms with Crippen molar-refractivity contribution in [3.63, 3.8) is 0 Å². The maximum absolute atomic E-state index is 2.60. The van der Waals surface area contributed by atoms with Crippen molar-refractivity contribution in [1.29, 1.82) is 0 Å². The van der Waals surface area contributed by atoms with E-state index in [0.717, 1.165) is 0 Å². The van der Waals surface area contributed by atoms with Gasteiger partial charge in [0.25, 0.3) is 0 Å². The first kappa shape index (κ1) is 12.6. The van der Waals surface area contributed by atoms with Gasteiger partial charge in [0.15, 0.2) is 0 Å². The molecule has 0 amide bonds. The third-order valence-electron chi connectivity index (χ3n) is 3.63. The first-order valence-corrected chi connectivity index (χ1v) is 6.79. The second-order valence-corrected chi connectivity index (χ2v) is 5.09. The van der Waals surface area contributed by atoms with Crippen LogP contribution in [0.3, 0.4) is 0 Å². The van der Waals surface area contributed by atoms with Crippen molar-refractivity contribution >= 4 is 0 Å². The molecule has 0 saturated carbocycles. The van der Waals surface area contributed by atoms with Gasteiger partial charge in [0, 0.05) is 26.2 Å². The number of likely N-dealkylation sites (N-methyl/N-ethyl adjacent to an activating group) is 1. The molecule has 0 aromatic heterocycles. The van der Waals surface area contributed by atoms with E-state index in [9.17, 15) is 0 Å². The fourth-order valence-corrected chi connectivity index (χ4v) is 2.38. The molecule has 1 saturated heterocycles. The number of unbranched alkanes of at least 4 members (excludes halogenated alkanes) is 1. The SMILES string of the molecule is CN1CCN(CCCCc2ccccc2)CC1. The largest absolute Gasteiger partial charge is 0.304 e. The molecule has 2 rings (SSSR count). The van der Waals surface area contributed by atoms with Gasteiger partial charge in [0.05, 0.1) is 0 Å². The lowest BCUT2D eigenvalue weighted by atomic mass is 10.1. The molecule has 0 N–H and O–H groups in total. The molecule has 94 valence electrons. The van der Waals surface area contributed by atoms with Crippen molar-refractivity contribution in [2.45, 2.75) is 19.3 Å². The summed E-state index contributed by atoms with van der Waals surface area (Å²) in [6, 6.07) is 10.8. The van der Waals surface area contributed by atoms with Crippen LogP contribution in [0.25, 0.3) is 0 Å². The second-order valence-electron chi connectivity index (χ2n) is 5.09. The minimum absolute atomic E-state index is 1.23. The smallest absolute Gasteiger partial charge is 0.0110 e. The van der Waals surface area contributed by atoms with E-state index in [1.54, 1.807) is 0 Å². The molecule has 0 bridgehead atoms. The molecule has 1 aromatic carbocycles. The van der Waals surface area contributed by atoms with Crippen molar-refractivity contribution < 1.29 is 0 Å². The predicted octanol–water partition coefficient (Wildman–Crippen LogP) is 2.26. The summed E-state index contributed by atoms with van der Waals surface area (Å²) in [6.45, 7) is 6.25. The highest BCUT2D eigenvalue weighted by Crippen LogP contribution is 2.06. The van der Waals surface area contributed by atoms with Gasteiger partial charge in [-0.1, -0.05) is 30.3 Å². The highest BCUT2D eigenvalue weighted by Gasteiger charge is 2.12. The van der Waals surface area contributed by atoms with E-state index in [1.807, 2.05) is 0 Å². The van der Waals surface area contributed by atoms with E-state index < -0.39 is 0 Å². The minimum Gasteiger partial charge on any atom is -0.304 e. The number of hydrogen-bond donors (Lipinski definition) is 0. The molecule has 1 aliphatic rings. The molecule has 0 radical (unpaired) electrons. The zero-order valence-corrected chi connectivity index (χ0v) is 10.9. The Morgan fingerprint density at radius 3 is 2.35 bits per heavy atom. The Bertz CT molecular complexity index is 302. The summed E-state index contributed by atoms with van der Waals surface area (Å²) < 4.78 is 0. The first-order valence-electron chi connectivity index (χ1n) is 6.79. The molecule has 0 spiro atoms. The molecule has 1 aliphatic heterocycles.